The molecule has 0 bridgehead atoms. The molecule has 8 heteroatoms. The minimum atomic E-state index is -0.488. The van der Waals surface area contributed by atoms with Crippen molar-refractivity contribution in [3.8, 4) is 0 Å². The fourth-order valence-corrected chi connectivity index (χ4v) is 4.56. The van der Waals surface area contributed by atoms with E-state index in [0.717, 1.165) is 44.7 Å². The maximum atomic E-state index is 11.8. The molecule has 0 radical (unpaired) electrons. The molecular formula is C25H42N4O4. The van der Waals surface area contributed by atoms with E-state index in [0.29, 0.717) is 25.9 Å². The molecule has 2 amide bonds. The van der Waals surface area contributed by atoms with Gasteiger partial charge in [0.25, 0.3) is 0 Å². The number of primary amides is 1. The van der Waals surface area contributed by atoms with E-state index in [1.807, 2.05) is 27.7 Å². The van der Waals surface area contributed by atoms with E-state index in [1.54, 1.807) is 4.90 Å². The fraction of sp³-hybridized carbons (Fsp3) is 0.800. The highest BCUT2D eigenvalue weighted by atomic mass is 16.6. The van der Waals surface area contributed by atoms with Crippen LogP contribution in [0.1, 0.15) is 90.5 Å². The highest BCUT2D eigenvalue weighted by Gasteiger charge is 2.38. The molecule has 2 saturated heterocycles. The number of carbonyl (C=O) groups is 2. The number of nitrogens with one attached hydrogen (secondary N) is 1. The van der Waals surface area contributed by atoms with Gasteiger partial charge in [-0.25, -0.2) is 9.78 Å². The van der Waals surface area contributed by atoms with Crippen molar-refractivity contribution in [1.82, 2.24) is 15.2 Å². The first-order valence-corrected chi connectivity index (χ1v) is 12.4. The van der Waals surface area contributed by atoms with Crippen LogP contribution in [0.5, 0.6) is 0 Å². The van der Waals surface area contributed by atoms with Crippen LogP contribution in [0.3, 0.4) is 0 Å². The summed E-state index contributed by atoms with van der Waals surface area (Å²) in [4.78, 5) is 29.4. The normalized spacial score (nSPS) is 21.9. The van der Waals surface area contributed by atoms with Crippen molar-refractivity contribution in [2.45, 2.75) is 97.0 Å². The molecule has 3 aliphatic rings. The number of hydrogen-bond donors (Lipinski definition) is 2. The molecule has 33 heavy (non-hydrogen) atoms. The minimum absolute atomic E-state index is 0.169. The van der Waals surface area contributed by atoms with E-state index in [1.165, 1.54) is 24.3 Å². The highest BCUT2D eigenvalue weighted by molar-refractivity contribution is 5.80. The van der Waals surface area contributed by atoms with Gasteiger partial charge in [0.2, 0.25) is 11.8 Å². The van der Waals surface area contributed by atoms with Crippen LogP contribution in [0.15, 0.2) is 4.42 Å². The van der Waals surface area contributed by atoms with Gasteiger partial charge in [0.1, 0.15) is 11.4 Å². The zero-order valence-electron chi connectivity index (χ0n) is 21.1. The first kappa shape index (κ1) is 25.5. The first-order valence-electron chi connectivity index (χ1n) is 12.4. The van der Waals surface area contributed by atoms with Gasteiger partial charge in [0, 0.05) is 30.3 Å². The van der Waals surface area contributed by atoms with Gasteiger partial charge >= 0.3 is 6.09 Å². The Kier molecular flexibility index (Phi) is 7.76. The summed E-state index contributed by atoms with van der Waals surface area (Å²) in [6.45, 7) is 12.9. The molecule has 2 aliphatic heterocycles. The summed E-state index contributed by atoms with van der Waals surface area (Å²) in [6, 6.07) is 0. The number of amides is 2. The topological polar surface area (TPSA) is 111 Å². The number of likely N-dealkylation sites (tertiary alicyclic amines) is 1. The second-order valence-electron chi connectivity index (χ2n) is 11.3. The van der Waals surface area contributed by atoms with Gasteiger partial charge in [-0.2, -0.15) is 0 Å². The van der Waals surface area contributed by atoms with E-state index < -0.39 is 11.0 Å². The van der Waals surface area contributed by atoms with E-state index in [4.69, 9.17) is 19.9 Å². The number of hydrogen-bond acceptors (Lipinski definition) is 6. The first-order chi connectivity index (χ1) is 15.4. The zero-order valence-corrected chi connectivity index (χ0v) is 21.1. The number of nitrogens with zero attached hydrogens (tertiary/aromatic N) is 2. The van der Waals surface area contributed by atoms with Crippen molar-refractivity contribution in [2.24, 2.45) is 11.1 Å². The van der Waals surface area contributed by atoms with Gasteiger partial charge in [0.05, 0.1) is 5.69 Å². The third-order valence-corrected chi connectivity index (χ3v) is 7.18. The lowest BCUT2D eigenvalue weighted by Gasteiger charge is -2.37. The Labute approximate surface area is 198 Å². The van der Waals surface area contributed by atoms with Crippen LogP contribution >= 0.6 is 0 Å². The number of aromatic nitrogens is 1. The maximum absolute atomic E-state index is 11.8. The Morgan fingerprint density at radius 1 is 1.06 bits per heavy atom. The molecule has 0 saturated carbocycles. The van der Waals surface area contributed by atoms with Gasteiger partial charge in [-0.3, -0.25) is 4.79 Å². The smallest absolute Gasteiger partial charge is 0.410 e. The van der Waals surface area contributed by atoms with E-state index in [9.17, 15) is 9.59 Å². The number of aryl methyl sites for hydroxylation is 2. The predicted octanol–water partition coefficient (Wildman–Crippen LogP) is 3.70. The molecular weight excluding hydrogens is 420 g/mol. The lowest BCUT2D eigenvalue weighted by molar-refractivity contribution is -0.129. The minimum Gasteiger partial charge on any atom is -0.445 e. The summed E-state index contributed by atoms with van der Waals surface area (Å²) >= 11 is 0. The van der Waals surface area contributed by atoms with Crippen LogP contribution in [0, 0.1) is 5.41 Å². The van der Waals surface area contributed by atoms with E-state index in [2.05, 4.69) is 12.2 Å². The van der Waals surface area contributed by atoms with Crippen molar-refractivity contribution >= 4 is 12.0 Å². The van der Waals surface area contributed by atoms with Crippen LogP contribution in [0.4, 0.5) is 4.79 Å². The maximum Gasteiger partial charge on any atom is 0.410 e. The quantitative estimate of drug-likeness (QED) is 0.693. The summed E-state index contributed by atoms with van der Waals surface area (Å²) in [5.41, 5.74) is 5.79. The number of ether oxygens (including phenoxy) is 1. The molecule has 0 atom stereocenters. The lowest BCUT2D eigenvalue weighted by Crippen LogP contribution is -2.48. The molecule has 1 aromatic heterocycles. The fourth-order valence-electron chi connectivity index (χ4n) is 4.56. The standard InChI is InChI=1S/C13H20N2O.C12H22N2O3/c1-13(6-8-14-9-7-13)12-15-10-4-2-3-5-11(10)16-12;1-11(2,3)17-10(16)14-7-5-12(4,6-8-14)9(13)15/h14H,2-9H2,1H3;5-8H2,1-4H3,(H2,13,15). The van der Waals surface area contributed by atoms with Crippen molar-refractivity contribution < 1.29 is 18.7 Å². The van der Waals surface area contributed by atoms with E-state index >= 15 is 0 Å². The molecule has 4 rings (SSSR count). The predicted molar refractivity (Wildman–Crippen MR) is 127 cm³/mol. The summed E-state index contributed by atoms with van der Waals surface area (Å²) in [5.74, 6) is 1.88. The number of carbonyl (C=O) groups excluding carboxylic acids is 2. The number of oxazole rings is 1. The monoisotopic (exact) mass is 462 g/mol. The van der Waals surface area contributed by atoms with Gasteiger partial charge in [-0.15, -0.1) is 0 Å². The third-order valence-electron chi connectivity index (χ3n) is 7.18. The van der Waals surface area contributed by atoms with Crippen LogP contribution in [0.2, 0.25) is 0 Å². The largest absolute Gasteiger partial charge is 0.445 e. The summed E-state index contributed by atoms with van der Waals surface area (Å²) in [7, 11) is 0. The van der Waals surface area contributed by atoms with Gasteiger partial charge in [-0.05, 0) is 78.8 Å². The Bertz CT molecular complexity index is 804. The number of rotatable bonds is 2. The van der Waals surface area contributed by atoms with Crippen molar-refractivity contribution in [3.63, 3.8) is 0 Å². The number of fused-ring (bicyclic) bond motifs is 1. The Balaban J connectivity index is 0.000000186. The average Bonchev–Trinajstić information content (AvgIpc) is 3.19. The van der Waals surface area contributed by atoms with Gasteiger partial charge in [-0.1, -0.05) is 13.8 Å². The molecule has 3 heterocycles. The molecule has 1 aliphatic carbocycles. The van der Waals surface area contributed by atoms with Crippen LogP contribution in [-0.4, -0.2) is 53.7 Å². The van der Waals surface area contributed by atoms with Gasteiger partial charge in [0.15, 0.2) is 0 Å². The summed E-state index contributed by atoms with van der Waals surface area (Å²) in [6.07, 6.45) is 7.92. The Morgan fingerprint density at radius 2 is 1.67 bits per heavy atom. The molecule has 0 spiro atoms. The van der Waals surface area contributed by atoms with Crippen LogP contribution in [0.25, 0.3) is 0 Å². The van der Waals surface area contributed by atoms with Crippen LogP contribution < -0.4 is 11.1 Å². The second kappa shape index (κ2) is 10.0. The van der Waals surface area contributed by atoms with Crippen molar-refractivity contribution in [2.75, 3.05) is 26.2 Å². The van der Waals surface area contributed by atoms with Gasteiger partial charge < -0.3 is 25.1 Å². The second-order valence-corrected chi connectivity index (χ2v) is 11.3. The van der Waals surface area contributed by atoms with E-state index in [-0.39, 0.29) is 17.4 Å². The molecule has 3 N–H and O–H groups in total. The van der Waals surface area contributed by atoms with Crippen LogP contribution in [-0.2, 0) is 27.8 Å². The molecule has 8 nitrogen and oxygen atoms in total. The molecule has 2 fully saturated rings. The lowest BCUT2D eigenvalue weighted by atomic mass is 9.80. The summed E-state index contributed by atoms with van der Waals surface area (Å²) in [5, 5.41) is 3.40. The Hall–Kier alpha value is -2.09. The third kappa shape index (κ3) is 6.49. The summed E-state index contributed by atoms with van der Waals surface area (Å²) < 4.78 is 11.3. The number of piperidine rings is 2. The van der Waals surface area contributed by atoms with Crippen molar-refractivity contribution in [3.05, 3.63) is 17.3 Å². The Morgan fingerprint density at radius 3 is 2.21 bits per heavy atom. The highest BCUT2D eigenvalue weighted by Crippen LogP contribution is 2.35. The molecule has 0 aromatic carbocycles. The SMILES string of the molecule is CC(C)(C)OC(=O)N1CCC(C)(C(N)=O)CC1.CC1(c2nc3c(o2)CCCC3)CCNCC1. The zero-order chi connectivity index (χ0) is 24.3. The van der Waals surface area contributed by atoms with Crippen molar-refractivity contribution in [1.29, 1.82) is 0 Å². The molecule has 1 aromatic rings. The molecule has 186 valence electrons. The number of nitrogens with two attached hydrogens (primary N) is 1. The molecule has 0 unspecified atom stereocenters. The average molecular weight is 463 g/mol.